The molecule has 1 rings (SSSR count). The van der Waals surface area contributed by atoms with Crippen LogP contribution in [0.4, 0.5) is 5.69 Å². The van der Waals surface area contributed by atoms with E-state index < -0.39 is 0 Å². The third kappa shape index (κ3) is 1.70. The predicted octanol–water partition coefficient (Wildman–Crippen LogP) is 0.0637. The maximum absolute atomic E-state index is 11.2. The lowest BCUT2D eigenvalue weighted by Gasteiger charge is -2.24. The van der Waals surface area contributed by atoms with Crippen molar-refractivity contribution in [1.82, 2.24) is 0 Å². The molecule has 4 nitrogen and oxygen atoms in total. The summed E-state index contributed by atoms with van der Waals surface area (Å²) >= 11 is 0. The fourth-order valence-electron chi connectivity index (χ4n) is 1.50. The molecule has 0 spiro atoms. The van der Waals surface area contributed by atoms with Gasteiger partial charge in [-0.2, -0.15) is 0 Å². The zero-order chi connectivity index (χ0) is 10.7. The molecule has 0 atom stereocenters. The van der Waals surface area contributed by atoms with Gasteiger partial charge in [0.2, 0.25) is 10.9 Å². The van der Waals surface area contributed by atoms with E-state index in [0.717, 1.165) is 6.54 Å². The highest BCUT2D eigenvalue weighted by Gasteiger charge is 2.21. The summed E-state index contributed by atoms with van der Waals surface area (Å²) in [5, 5.41) is 0. The molecule has 0 saturated carbocycles. The van der Waals surface area contributed by atoms with Gasteiger partial charge in [-0.15, -0.1) is 0 Å². The van der Waals surface area contributed by atoms with Crippen molar-refractivity contribution in [2.75, 3.05) is 31.7 Å². The highest BCUT2D eigenvalue weighted by Crippen LogP contribution is 2.12. The Labute approximate surface area is 82.8 Å². The van der Waals surface area contributed by atoms with Gasteiger partial charge in [0.05, 0.1) is 12.3 Å². The zero-order valence-corrected chi connectivity index (χ0v) is 8.79. The predicted molar refractivity (Wildman–Crippen MR) is 55.9 cm³/mol. The van der Waals surface area contributed by atoms with Gasteiger partial charge in [0.15, 0.2) is 0 Å². The number of likely N-dealkylation sites (N-methyl/N-ethyl adjacent to an activating group) is 1. The first-order chi connectivity index (χ1) is 6.63. The monoisotopic (exact) mass is 197 g/mol. The fraction of sp³-hybridized carbons (Fsp3) is 0.600. The number of anilines is 1. The molecule has 1 aromatic carbocycles. The van der Waals surface area contributed by atoms with E-state index in [1.807, 2.05) is 11.8 Å². The maximum Gasteiger partial charge on any atom is 0.249 e. The molecule has 0 unspecified atom stereocenters. The molecule has 0 aliphatic rings. The van der Waals surface area contributed by atoms with Crippen LogP contribution in [0.5, 0.6) is 0 Å². The molecule has 78 valence electrons. The van der Waals surface area contributed by atoms with Gasteiger partial charge in [0, 0.05) is 25.8 Å². The Morgan fingerprint density at radius 2 is 1.93 bits per heavy atom. The largest absolute Gasteiger partial charge is 0.383 e. The van der Waals surface area contributed by atoms with Crippen molar-refractivity contribution in [1.29, 1.82) is 0 Å². The van der Waals surface area contributed by atoms with E-state index in [4.69, 9.17) is 4.74 Å². The summed E-state index contributed by atoms with van der Waals surface area (Å²) in [6.07, 6.45) is 0. The molecule has 0 heterocycles. The first kappa shape index (κ1) is 10.9. The zero-order valence-electron chi connectivity index (χ0n) is 8.79. The van der Waals surface area contributed by atoms with E-state index in [-0.39, 0.29) is 10.9 Å². The smallest absolute Gasteiger partial charge is 0.249 e. The standard InChI is InChI=1S/C10H15NO3/c1-4-11(5-6-14-3)8-7(2)9(12)10(8)13/h4-6H2,1-3H3. The van der Waals surface area contributed by atoms with Crippen LogP contribution in [0.25, 0.3) is 0 Å². The van der Waals surface area contributed by atoms with Gasteiger partial charge in [-0.1, -0.05) is 0 Å². The lowest BCUT2D eigenvalue weighted by molar-refractivity contribution is 0.205. The number of rotatable bonds is 5. The summed E-state index contributed by atoms with van der Waals surface area (Å²) in [6.45, 7) is 5.57. The van der Waals surface area contributed by atoms with Crippen molar-refractivity contribution < 1.29 is 4.74 Å². The minimum atomic E-state index is -0.361. The highest BCUT2D eigenvalue weighted by atomic mass is 16.5. The van der Waals surface area contributed by atoms with Crippen molar-refractivity contribution in [3.63, 3.8) is 0 Å². The first-order valence-corrected chi connectivity index (χ1v) is 4.67. The second-order valence-corrected chi connectivity index (χ2v) is 3.20. The Kier molecular flexibility index (Phi) is 3.41. The molecule has 0 fully saturated rings. The van der Waals surface area contributed by atoms with Crippen molar-refractivity contribution >= 4 is 5.69 Å². The molecular weight excluding hydrogens is 182 g/mol. The van der Waals surface area contributed by atoms with E-state index >= 15 is 0 Å². The summed E-state index contributed by atoms with van der Waals surface area (Å²) in [5.41, 5.74) is 0.429. The fourth-order valence-corrected chi connectivity index (χ4v) is 1.50. The van der Waals surface area contributed by atoms with Gasteiger partial charge in [0.25, 0.3) is 0 Å². The van der Waals surface area contributed by atoms with E-state index in [2.05, 4.69) is 0 Å². The molecule has 0 radical (unpaired) electrons. The van der Waals surface area contributed by atoms with Gasteiger partial charge in [-0.25, -0.2) is 0 Å². The average Bonchev–Trinajstić information content (AvgIpc) is 2.22. The van der Waals surface area contributed by atoms with Gasteiger partial charge in [-0.3, -0.25) is 9.59 Å². The molecule has 0 aromatic heterocycles. The second kappa shape index (κ2) is 4.37. The Balaban J connectivity index is 2.81. The summed E-state index contributed by atoms with van der Waals surface area (Å²) in [6, 6.07) is 0. The number of hydrogen-bond acceptors (Lipinski definition) is 4. The van der Waals surface area contributed by atoms with Crippen LogP contribution in [-0.2, 0) is 4.74 Å². The lowest BCUT2D eigenvalue weighted by atomic mass is 10.1. The molecule has 1 aromatic rings. The van der Waals surface area contributed by atoms with Crippen molar-refractivity contribution in [3.8, 4) is 0 Å². The molecular formula is C10H15NO3. The van der Waals surface area contributed by atoms with Gasteiger partial charge in [0.1, 0.15) is 0 Å². The van der Waals surface area contributed by atoms with Crippen LogP contribution in [0.3, 0.4) is 0 Å². The van der Waals surface area contributed by atoms with Crippen LogP contribution < -0.4 is 15.8 Å². The van der Waals surface area contributed by atoms with Crippen LogP contribution in [-0.4, -0.2) is 26.8 Å². The minimum Gasteiger partial charge on any atom is -0.383 e. The van der Waals surface area contributed by atoms with Crippen LogP contribution in [0, 0.1) is 6.92 Å². The van der Waals surface area contributed by atoms with Gasteiger partial charge in [-0.05, 0) is 13.8 Å². The molecule has 0 aliphatic heterocycles. The maximum atomic E-state index is 11.2. The Morgan fingerprint density at radius 3 is 2.36 bits per heavy atom. The number of ether oxygens (including phenoxy) is 1. The lowest BCUT2D eigenvalue weighted by Crippen LogP contribution is -2.43. The molecule has 0 aliphatic carbocycles. The number of methoxy groups -OCH3 is 1. The van der Waals surface area contributed by atoms with Gasteiger partial charge >= 0.3 is 0 Å². The third-order valence-corrected chi connectivity index (χ3v) is 2.38. The number of hydrogen-bond donors (Lipinski definition) is 0. The van der Waals surface area contributed by atoms with Crippen LogP contribution in [0.1, 0.15) is 12.5 Å². The Hall–Kier alpha value is -1.16. The topological polar surface area (TPSA) is 46.6 Å². The molecule has 4 heteroatoms. The highest BCUT2D eigenvalue weighted by molar-refractivity contribution is 5.57. The summed E-state index contributed by atoms with van der Waals surface area (Å²) < 4.78 is 4.93. The molecule has 0 N–H and O–H groups in total. The van der Waals surface area contributed by atoms with Crippen molar-refractivity contribution in [3.05, 3.63) is 26.0 Å². The Morgan fingerprint density at radius 1 is 1.29 bits per heavy atom. The average molecular weight is 197 g/mol. The van der Waals surface area contributed by atoms with Crippen LogP contribution in [0.2, 0.25) is 0 Å². The van der Waals surface area contributed by atoms with Gasteiger partial charge < -0.3 is 9.64 Å². The van der Waals surface area contributed by atoms with E-state index in [1.165, 1.54) is 0 Å². The quantitative estimate of drug-likeness (QED) is 0.626. The third-order valence-electron chi connectivity index (χ3n) is 2.38. The normalized spacial score (nSPS) is 10.8. The van der Waals surface area contributed by atoms with Crippen molar-refractivity contribution in [2.45, 2.75) is 13.8 Å². The van der Waals surface area contributed by atoms with E-state index in [1.54, 1.807) is 14.0 Å². The van der Waals surface area contributed by atoms with Crippen molar-refractivity contribution in [2.24, 2.45) is 0 Å². The minimum absolute atomic E-state index is 0.351. The molecule has 0 amide bonds. The summed E-state index contributed by atoms with van der Waals surface area (Å²) in [5.74, 6) is 0. The summed E-state index contributed by atoms with van der Waals surface area (Å²) in [7, 11) is 1.61. The molecule has 0 bridgehead atoms. The van der Waals surface area contributed by atoms with E-state index in [0.29, 0.717) is 24.4 Å². The molecule has 0 saturated heterocycles. The van der Waals surface area contributed by atoms with E-state index in [9.17, 15) is 9.59 Å². The second-order valence-electron chi connectivity index (χ2n) is 3.20. The molecule has 14 heavy (non-hydrogen) atoms. The van der Waals surface area contributed by atoms with Crippen LogP contribution >= 0.6 is 0 Å². The summed E-state index contributed by atoms with van der Waals surface area (Å²) in [4.78, 5) is 24.1. The Bertz CT molecular complexity index is 377. The number of nitrogens with zero attached hydrogens (tertiary/aromatic N) is 1. The first-order valence-electron chi connectivity index (χ1n) is 4.67. The van der Waals surface area contributed by atoms with Crippen LogP contribution in [0.15, 0.2) is 9.59 Å². The SMILES string of the molecule is CCN(CCOC)c1c(C)c(=O)c1=O.